The van der Waals surface area contributed by atoms with Crippen LogP contribution in [0.4, 0.5) is 0 Å². The van der Waals surface area contributed by atoms with Gasteiger partial charge in [-0.3, -0.25) is 0 Å². The monoisotopic (exact) mass is 474 g/mol. The second-order valence-corrected chi connectivity index (χ2v) is 15.1. The number of hydrogen-bond acceptors (Lipinski definition) is 3. The predicted octanol–water partition coefficient (Wildman–Crippen LogP) is 8.65. The third kappa shape index (κ3) is 2.69. The molecule has 6 aliphatic rings. The molecule has 7 unspecified atom stereocenters. The molecule has 3 nitrogen and oxygen atoms in total. The van der Waals surface area contributed by atoms with Crippen molar-refractivity contribution in [3.63, 3.8) is 0 Å². The van der Waals surface area contributed by atoms with Crippen LogP contribution in [-0.4, -0.2) is 10.2 Å². The van der Waals surface area contributed by atoms with Gasteiger partial charge in [0, 0.05) is 11.5 Å². The normalized spacial score (nSPS) is 41.1. The summed E-state index contributed by atoms with van der Waals surface area (Å²) in [5, 5.41) is 9.18. The van der Waals surface area contributed by atoms with Crippen LogP contribution in [0.2, 0.25) is 0 Å². The van der Waals surface area contributed by atoms with Crippen molar-refractivity contribution in [1.29, 1.82) is 0 Å². The van der Waals surface area contributed by atoms with E-state index >= 15 is 0 Å². The summed E-state index contributed by atoms with van der Waals surface area (Å²) >= 11 is 0. The molecule has 1 heterocycles. The third-order valence-corrected chi connectivity index (χ3v) is 12.6. The van der Waals surface area contributed by atoms with Gasteiger partial charge in [0.2, 0.25) is 11.8 Å². The molecule has 0 amide bonds. The van der Waals surface area contributed by atoms with Gasteiger partial charge in [0.25, 0.3) is 0 Å². The van der Waals surface area contributed by atoms with Crippen LogP contribution in [0, 0.1) is 45.3 Å². The molecule has 4 bridgehead atoms. The summed E-state index contributed by atoms with van der Waals surface area (Å²) in [5.41, 5.74) is 4.18. The third-order valence-electron chi connectivity index (χ3n) is 12.6. The van der Waals surface area contributed by atoms with E-state index in [0.717, 1.165) is 23.3 Å². The van der Waals surface area contributed by atoms with Gasteiger partial charge < -0.3 is 4.42 Å². The molecule has 1 aromatic carbocycles. The minimum Gasteiger partial charge on any atom is -0.420 e. The van der Waals surface area contributed by atoms with Crippen molar-refractivity contribution in [2.75, 3.05) is 0 Å². The van der Waals surface area contributed by atoms with E-state index in [0.29, 0.717) is 45.3 Å². The molecule has 0 radical (unpaired) electrons. The van der Waals surface area contributed by atoms with Gasteiger partial charge in [0.15, 0.2) is 0 Å². The highest BCUT2D eigenvalue weighted by Gasteiger charge is 2.82. The lowest BCUT2D eigenvalue weighted by molar-refractivity contribution is -0.375. The first-order chi connectivity index (χ1) is 16.3. The zero-order chi connectivity index (χ0) is 25.2. The van der Waals surface area contributed by atoms with Crippen molar-refractivity contribution in [3.05, 3.63) is 35.7 Å². The van der Waals surface area contributed by atoms with E-state index in [1.807, 2.05) is 0 Å². The number of rotatable bonds is 3. The topological polar surface area (TPSA) is 38.9 Å². The summed E-state index contributed by atoms with van der Waals surface area (Å²) in [4.78, 5) is 0. The second-order valence-electron chi connectivity index (χ2n) is 15.1. The molecule has 0 aliphatic heterocycles. The Kier molecular flexibility index (Phi) is 4.76. The van der Waals surface area contributed by atoms with Gasteiger partial charge in [-0.2, -0.15) is 0 Å². The highest BCUT2D eigenvalue weighted by atomic mass is 16.4. The van der Waals surface area contributed by atoms with Gasteiger partial charge in [-0.05, 0) is 101 Å². The quantitative estimate of drug-likeness (QED) is 0.447. The molecule has 6 fully saturated rings. The zero-order valence-corrected chi connectivity index (χ0v) is 23.5. The molecule has 190 valence electrons. The van der Waals surface area contributed by atoms with E-state index in [9.17, 15) is 0 Å². The number of fused-ring (bicyclic) bond motifs is 4. The van der Waals surface area contributed by atoms with Crippen LogP contribution in [-0.2, 0) is 5.41 Å². The second kappa shape index (κ2) is 7.01. The zero-order valence-electron chi connectivity index (χ0n) is 23.5. The SMILES string of the molecule is CC1CCC2CC1(C13CC(C(c4nnc(-c5ccc(C(C)(C)C)cc5)o4)CC1C)C3(C)C)C2(C)C. The van der Waals surface area contributed by atoms with E-state index in [-0.39, 0.29) is 5.41 Å². The predicted molar refractivity (Wildman–Crippen MR) is 142 cm³/mol. The average Bonchev–Trinajstić information content (AvgIpc) is 3.28. The summed E-state index contributed by atoms with van der Waals surface area (Å²) < 4.78 is 6.42. The van der Waals surface area contributed by atoms with Crippen molar-refractivity contribution in [2.45, 2.75) is 106 Å². The molecular weight excluding hydrogens is 428 g/mol. The summed E-state index contributed by atoms with van der Waals surface area (Å²) in [7, 11) is 0. The number of benzene rings is 1. The molecule has 0 saturated heterocycles. The minimum absolute atomic E-state index is 0.142. The number of hydrogen-bond donors (Lipinski definition) is 0. The maximum absolute atomic E-state index is 6.42. The molecule has 8 rings (SSSR count). The summed E-state index contributed by atoms with van der Waals surface area (Å²) in [6.45, 7) is 22.3. The van der Waals surface area contributed by atoms with E-state index in [1.54, 1.807) is 0 Å². The molecule has 3 heteroatoms. The standard InChI is InChI=1S/C32H46N2O/c1-19-10-13-23-17-31(19,29(23,6)7)32-18-25(30(32,8)9)24(16-20(32)2)27-34-33-26(35-27)21-11-14-22(15-12-21)28(3,4)5/h11-12,14-15,19-20,23-25H,10,13,16-18H2,1-9H3. The Labute approximate surface area is 212 Å². The van der Waals surface area contributed by atoms with Gasteiger partial charge >= 0.3 is 0 Å². The van der Waals surface area contributed by atoms with Crippen molar-refractivity contribution in [3.8, 4) is 11.5 Å². The van der Waals surface area contributed by atoms with Crippen LogP contribution >= 0.6 is 0 Å². The van der Waals surface area contributed by atoms with Crippen LogP contribution in [0.5, 0.6) is 0 Å². The van der Waals surface area contributed by atoms with E-state index in [2.05, 4.69) is 96.8 Å². The van der Waals surface area contributed by atoms with Crippen LogP contribution in [0.1, 0.15) is 112 Å². The van der Waals surface area contributed by atoms with Gasteiger partial charge in [0.05, 0.1) is 0 Å². The Bertz CT molecular complexity index is 1140. The highest BCUT2D eigenvalue weighted by Crippen LogP contribution is 2.88. The first-order valence-corrected chi connectivity index (χ1v) is 14.2. The average molecular weight is 475 g/mol. The molecule has 0 spiro atoms. The van der Waals surface area contributed by atoms with Crippen LogP contribution in [0.3, 0.4) is 0 Å². The first-order valence-electron chi connectivity index (χ1n) is 14.2. The van der Waals surface area contributed by atoms with Crippen LogP contribution < -0.4 is 0 Å². The van der Waals surface area contributed by atoms with Gasteiger partial charge in [-0.1, -0.05) is 74.4 Å². The van der Waals surface area contributed by atoms with Crippen molar-refractivity contribution in [2.24, 2.45) is 45.3 Å². The fraction of sp³-hybridized carbons (Fsp3) is 0.750. The molecule has 35 heavy (non-hydrogen) atoms. The number of nitrogens with zero attached hydrogens (tertiary/aromatic N) is 2. The minimum atomic E-state index is 0.142. The number of aromatic nitrogens is 2. The van der Waals surface area contributed by atoms with E-state index in [1.165, 1.54) is 37.7 Å². The maximum atomic E-state index is 6.42. The molecular formula is C32H46N2O. The Balaban J connectivity index is 1.30. The summed E-state index contributed by atoms with van der Waals surface area (Å²) in [6, 6.07) is 8.67. The highest BCUT2D eigenvalue weighted by molar-refractivity contribution is 5.53. The lowest BCUT2D eigenvalue weighted by Crippen LogP contribution is -2.80. The molecule has 6 aliphatic carbocycles. The Morgan fingerprint density at radius 1 is 0.829 bits per heavy atom. The van der Waals surface area contributed by atoms with Gasteiger partial charge in [0.1, 0.15) is 0 Å². The largest absolute Gasteiger partial charge is 0.420 e. The summed E-state index contributed by atoms with van der Waals surface area (Å²) in [6.07, 6.45) is 6.85. The lowest BCUT2D eigenvalue weighted by Gasteiger charge is -2.86. The van der Waals surface area contributed by atoms with Crippen LogP contribution in [0.25, 0.3) is 11.5 Å². The summed E-state index contributed by atoms with van der Waals surface area (Å²) in [5.74, 6) is 4.99. The molecule has 2 aromatic rings. The fourth-order valence-electron chi connectivity index (χ4n) is 10.7. The Hall–Kier alpha value is -1.64. The van der Waals surface area contributed by atoms with Crippen molar-refractivity contribution in [1.82, 2.24) is 10.2 Å². The molecule has 1 aromatic heterocycles. The molecule has 6 saturated carbocycles. The lowest BCUT2D eigenvalue weighted by atomic mass is 9.18. The Morgan fingerprint density at radius 3 is 2.03 bits per heavy atom. The fourth-order valence-corrected chi connectivity index (χ4v) is 10.7. The van der Waals surface area contributed by atoms with E-state index < -0.39 is 0 Å². The van der Waals surface area contributed by atoms with Gasteiger partial charge in [-0.15, -0.1) is 10.2 Å². The maximum Gasteiger partial charge on any atom is 0.247 e. The smallest absolute Gasteiger partial charge is 0.247 e. The van der Waals surface area contributed by atoms with E-state index in [4.69, 9.17) is 4.42 Å². The van der Waals surface area contributed by atoms with Crippen LogP contribution in [0.15, 0.2) is 28.7 Å². The Morgan fingerprint density at radius 2 is 1.49 bits per heavy atom. The van der Waals surface area contributed by atoms with Crippen molar-refractivity contribution >= 4 is 0 Å². The van der Waals surface area contributed by atoms with Gasteiger partial charge in [-0.25, -0.2) is 0 Å². The first kappa shape index (κ1) is 23.7. The van der Waals surface area contributed by atoms with Crippen molar-refractivity contribution < 1.29 is 4.42 Å². The molecule has 7 atom stereocenters. The molecule has 0 N–H and O–H groups in total.